The topological polar surface area (TPSA) is 64.6 Å². The highest BCUT2D eigenvalue weighted by atomic mass is 16.5. The van der Waals surface area contributed by atoms with E-state index in [2.05, 4.69) is 5.32 Å². The van der Waals surface area contributed by atoms with E-state index in [0.717, 1.165) is 6.42 Å². The van der Waals surface area contributed by atoms with Gasteiger partial charge in [0.1, 0.15) is 5.78 Å². The third kappa shape index (κ3) is 4.91. The Kier molecular flexibility index (Phi) is 6.56. The highest BCUT2D eigenvalue weighted by Gasteiger charge is 2.11. The van der Waals surface area contributed by atoms with Gasteiger partial charge in [-0.25, -0.2) is 0 Å². The third-order valence-electron chi connectivity index (χ3n) is 2.47. The molecule has 0 aromatic heterocycles. The van der Waals surface area contributed by atoms with Gasteiger partial charge in [0.05, 0.1) is 19.8 Å². The summed E-state index contributed by atoms with van der Waals surface area (Å²) >= 11 is 0. The Bertz CT molecular complexity index is 471. The van der Waals surface area contributed by atoms with Crippen LogP contribution in [0.2, 0.25) is 0 Å². The predicted octanol–water partition coefficient (Wildman–Crippen LogP) is 2.19. The first-order chi connectivity index (χ1) is 9.58. The first-order valence-electron chi connectivity index (χ1n) is 6.75. The van der Waals surface area contributed by atoms with Gasteiger partial charge >= 0.3 is 0 Å². The summed E-state index contributed by atoms with van der Waals surface area (Å²) < 4.78 is 11.0. The van der Waals surface area contributed by atoms with Gasteiger partial charge in [-0.3, -0.25) is 9.59 Å². The number of rotatable bonds is 8. The molecule has 0 unspecified atom stereocenters. The van der Waals surface area contributed by atoms with Crippen molar-refractivity contribution >= 4 is 11.7 Å². The summed E-state index contributed by atoms with van der Waals surface area (Å²) in [6, 6.07) is 5.00. The minimum atomic E-state index is -0.303. The molecule has 1 aromatic carbocycles. The van der Waals surface area contributed by atoms with Crippen LogP contribution in [0.5, 0.6) is 11.5 Å². The number of ketones is 1. The van der Waals surface area contributed by atoms with Crippen molar-refractivity contribution in [3.05, 3.63) is 23.8 Å². The molecule has 0 atom stereocenters. The number of ether oxygens (including phenoxy) is 2. The highest BCUT2D eigenvalue weighted by molar-refractivity contribution is 5.97. The molecule has 0 aliphatic rings. The summed E-state index contributed by atoms with van der Waals surface area (Å²) in [6.45, 7) is 6.41. The number of hydrogen-bond acceptors (Lipinski definition) is 4. The molecule has 1 rings (SSSR count). The van der Waals surface area contributed by atoms with Gasteiger partial charge in [0.25, 0.3) is 5.91 Å². The van der Waals surface area contributed by atoms with E-state index in [-0.39, 0.29) is 18.2 Å². The molecule has 20 heavy (non-hydrogen) atoms. The molecule has 1 aromatic rings. The average Bonchev–Trinajstić information content (AvgIpc) is 2.43. The molecule has 5 nitrogen and oxygen atoms in total. The lowest BCUT2D eigenvalue weighted by Gasteiger charge is -2.12. The van der Waals surface area contributed by atoms with Crippen LogP contribution < -0.4 is 14.8 Å². The predicted molar refractivity (Wildman–Crippen MR) is 76.4 cm³/mol. The monoisotopic (exact) mass is 279 g/mol. The Morgan fingerprint density at radius 1 is 1.15 bits per heavy atom. The van der Waals surface area contributed by atoms with E-state index < -0.39 is 0 Å². The van der Waals surface area contributed by atoms with Crippen LogP contribution in [0.25, 0.3) is 0 Å². The summed E-state index contributed by atoms with van der Waals surface area (Å²) in [5, 5.41) is 2.55. The van der Waals surface area contributed by atoms with E-state index in [4.69, 9.17) is 9.47 Å². The molecule has 0 spiro atoms. The number of carbonyl (C=O) groups excluding carboxylic acids is 2. The number of Topliss-reactive ketones (excluding diaryl/α,β-unsaturated/α-hetero) is 1. The average molecular weight is 279 g/mol. The summed E-state index contributed by atoms with van der Waals surface area (Å²) in [5.41, 5.74) is 0.443. The van der Waals surface area contributed by atoms with Crippen LogP contribution >= 0.6 is 0 Å². The molecule has 0 saturated heterocycles. The van der Waals surface area contributed by atoms with Crippen LogP contribution in [0, 0.1) is 0 Å². The Balaban J connectivity index is 2.85. The fraction of sp³-hybridized carbons (Fsp3) is 0.467. The molecule has 0 heterocycles. The number of hydrogen-bond donors (Lipinski definition) is 1. The van der Waals surface area contributed by atoms with E-state index in [1.807, 2.05) is 13.8 Å². The maximum absolute atomic E-state index is 11.9. The van der Waals surface area contributed by atoms with Crippen molar-refractivity contribution in [2.45, 2.75) is 27.2 Å². The van der Waals surface area contributed by atoms with Crippen LogP contribution in [0.3, 0.4) is 0 Å². The zero-order valence-electron chi connectivity index (χ0n) is 12.2. The van der Waals surface area contributed by atoms with Gasteiger partial charge < -0.3 is 14.8 Å². The van der Waals surface area contributed by atoms with Crippen LogP contribution in [0.4, 0.5) is 0 Å². The molecule has 0 aliphatic heterocycles. The number of amides is 1. The Morgan fingerprint density at radius 3 is 2.50 bits per heavy atom. The Hall–Kier alpha value is -2.04. The largest absolute Gasteiger partial charge is 0.490 e. The van der Waals surface area contributed by atoms with Gasteiger partial charge in [0, 0.05) is 5.56 Å². The van der Waals surface area contributed by atoms with Gasteiger partial charge in [-0.2, -0.15) is 0 Å². The minimum Gasteiger partial charge on any atom is -0.490 e. The maximum Gasteiger partial charge on any atom is 0.251 e. The van der Waals surface area contributed by atoms with Crippen LogP contribution in [-0.2, 0) is 4.79 Å². The molecular formula is C15H21NO4. The van der Waals surface area contributed by atoms with Gasteiger partial charge in [-0.15, -0.1) is 0 Å². The minimum absolute atomic E-state index is 0.0247. The number of benzene rings is 1. The second-order valence-corrected chi connectivity index (χ2v) is 4.33. The summed E-state index contributed by atoms with van der Waals surface area (Å²) in [5.74, 6) is 0.766. The van der Waals surface area contributed by atoms with Crippen LogP contribution in [0.15, 0.2) is 18.2 Å². The van der Waals surface area contributed by atoms with Gasteiger partial charge in [0.15, 0.2) is 11.5 Å². The summed E-state index contributed by atoms with van der Waals surface area (Å²) in [4.78, 5) is 22.7. The number of carbonyl (C=O) groups is 2. The molecule has 1 N–H and O–H groups in total. The fourth-order valence-electron chi connectivity index (χ4n) is 1.56. The molecule has 0 saturated carbocycles. The van der Waals surface area contributed by atoms with Crippen molar-refractivity contribution in [1.82, 2.24) is 5.32 Å². The molecule has 1 amide bonds. The zero-order valence-corrected chi connectivity index (χ0v) is 12.2. The third-order valence-corrected chi connectivity index (χ3v) is 2.47. The molecule has 0 aliphatic carbocycles. The van der Waals surface area contributed by atoms with E-state index in [1.54, 1.807) is 18.2 Å². The van der Waals surface area contributed by atoms with Crippen molar-refractivity contribution in [3.63, 3.8) is 0 Å². The van der Waals surface area contributed by atoms with Crippen LogP contribution in [0.1, 0.15) is 37.6 Å². The van der Waals surface area contributed by atoms with Crippen molar-refractivity contribution in [2.24, 2.45) is 0 Å². The SMILES string of the molecule is CCCOc1ccc(C(=O)NCC(C)=O)cc1OCC. The second kappa shape index (κ2) is 8.19. The van der Waals surface area contributed by atoms with Gasteiger partial charge in [0.2, 0.25) is 0 Å². The standard InChI is InChI=1S/C15H21NO4/c1-4-8-20-13-7-6-12(9-14(13)19-5-2)15(18)16-10-11(3)17/h6-7,9H,4-5,8,10H2,1-3H3,(H,16,18). The quantitative estimate of drug-likeness (QED) is 0.792. The van der Waals surface area contributed by atoms with Crippen molar-refractivity contribution in [1.29, 1.82) is 0 Å². The Labute approximate surface area is 119 Å². The van der Waals surface area contributed by atoms with E-state index >= 15 is 0 Å². The van der Waals surface area contributed by atoms with E-state index in [0.29, 0.717) is 30.3 Å². The maximum atomic E-state index is 11.9. The highest BCUT2D eigenvalue weighted by Crippen LogP contribution is 2.28. The molecule has 5 heteroatoms. The fourth-order valence-corrected chi connectivity index (χ4v) is 1.56. The van der Waals surface area contributed by atoms with Crippen LogP contribution in [-0.4, -0.2) is 31.4 Å². The first kappa shape index (κ1) is 16.0. The van der Waals surface area contributed by atoms with E-state index in [1.165, 1.54) is 6.92 Å². The smallest absolute Gasteiger partial charge is 0.251 e. The van der Waals surface area contributed by atoms with Gasteiger partial charge in [-0.05, 0) is 38.5 Å². The van der Waals surface area contributed by atoms with Gasteiger partial charge in [-0.1, -0.05) is 6.92 Å². The van der Waals surface area contributed by atoms with Crippen molar-refractivity contribution < 1.29 is 19.1 Å². The first-order valence-corrected chi connectivity index (χ1v) is 6.75. The van der Waals surface area contributed by atoms with E-state index in [9.17, 15) is 9.59 Å². The zero-order chi connectivity index (χ0) is 15.0. The second-order valence-electron chi connectivity index (χ2n) is 4.33. The molecule has 110 valence electrons. The molecule has 0 fully saturated rings. The molecule has 0 radical (unpaired) electrons. The van der Waals surface area contributed by atoms with Crippen molar-refractivity contribution in [3.8, 4) is 11.5 Å². The molecule has 0 bridgehead atoms. The molecular weight excluding hydrogens is 258 g/mol. The number of nitrogens with one attached hydrogen (secondary N) is 1. The lowest BCUT2D eigenvalue weighted by Crippen LogP contribution is -2.28. The Morgan fingerprint density at radius 2 is 1.90 bits per heavy atom. The lowest BCUT2D eigenvalue weighted by atomic mass is 10.2. The van der Waals surface area contributed by atoms with Crippen molar-refractivity contribution in [2.75, 3.05) is 19.8 Å². The summed E-state index contributed by atoms with van der Waals surface area (Å²) in [7, 11) is 0. The normalized spacial score (nSPS) is 9.95. The lowest BCUT2D eigenvalue weighted by molar-refractivity contribution is -0.116. The summed E-state index contributed by atoms with van der Waals surface area (Å²) in [6.07, 6.45) is 0.895.